The Kier molecular flexibility index (Phi) is 9.90. The highest BCUT2D eigenvalue weighted by atomic mass is 19.1. The average molecular weight is 558 g/mol. The second-order valence-electron chi connectivity index (χ2n) is 10.4. The summed E-state index contributed by atoms with van der Waals surface area (Å²) in [5, 5.41) is 5.52. The van der Waals surface area contributed by atoms with Crippen LogP contribution in [0.25, 0.3) is 6.08 Å². The molecule has 0 aromatic heterocycles. The molecule has 1 saturated heterocycles. The highest BCUT2D eigenvalue weighted by molar-refractivity contribution is 5.98. The molecule has 8 heteroatoms. The van der Waals surface area contributed by atoms with E-state index in [0.29, 0.717) is 35.8 Å². The van der Waals surface area contributed by atoms with Gasteiger partial charge in [0.2, 0.25) is 17.7 Å². The fourth-order valence-corrected chi connectivity index (χ4v) is 5.10. The Balaban J connectivity index is 1.31. The predicted molar refractivity (Wildman–Crippen MR) is 158 cm³/mol. The topological polar surface area (TPSA) is 87.7 Å². The van der Waals surface area contributed by atoms with Crippen molar-refractivity contribution < 1.29 is 23.5 Å². The van der Waals surface area contributed by atoms with Crippen LogP contribution in [0.1, 0.15) is 49.3 Å². The van der Waals surface area contributed by atoms with E-state index in [1.165, 1.54) is 19.1 Å². The highest BCUT2D eigenvalue weighted by Crippen LogP contribution is 2.29. The number of piperidine rings is 1. The summed E-state index contributed by atoms with van der Waals surface area (Å²) in [6.45, 7) is 4.54. The molecule has 7 nitrogen and oxygen atoms in total. The molecule has 2 N–H and O–H groups in total. The van der Waals surface area contributed by atoms with Crippen molar-refractivity contribution in [1.29, 1.82) is 0 Å². The molecule has 3 aromatic rings. The fourth-order valence-electron chi connectivity index (χ4n) is 5.10. The molecular formula is C33H36FN3O4. The van der Waals surface area contributed by atoms with E-state index in [9.17, 15) is 18.8 Å². The average Bonchev–Trinajstić information content (AvgIpc) is 2.97. The number of hydrogen-bond donors (Lipinski definition) is 2. The fraction of sp³-hybridized carbons (Fsp3) is 0.303. The number of methoxy groups -OCH3 is 1. The number of likely N-dealkylation sites (tertiary alicyclic amines) is 1. The number of benzene rings is 3. The minimum absolute atomic E-state index is 0.0456. The van der Waals surface area contributed by atoms with Gasteiger partial charge in [-0.05, 0) is 84.8 Å². The van der Waals surface area contributed by atoms with Gasteiger partial charge in [0.15, 0.2) is 0 Å². The first-order valence-electron chi connectivity index (χ1n) is 13.8. The van der Waals surface area contributed by atoms with E-state index in [-0.39, 0.29) is 24.1 Å². The molecule has 3 amide bonds. The number of ether oxygens (including phenoxy) is 1. The van der Waals surface area contributed by atoms with Gasteiger partial charge in [-0.3, -0.25) is 14.4 Å². The number of amides is 3. The third kappa shape index (κ3) is 8.27. The van der Waals surface area contributed by atoms with Crippen molar-refractivity contribution >= 4 is 29.5 Å². The lowest BCUT2D eigenvalue weighted by Gasteiger charge is -2.32. The molecular weight excluding hydrogens is 521 g/mol. The van der Waals surface area contributed by atoms with E-state index in [1.54, 1.807) is 19.2 Å². The Hall–Kier alpha value is -4.46. The van der Waals surface area contributed by atoms with Crippen LogP contribution in [0.3, 0.4) is 0 Å². The standard InChI is InChI=1S/C33H36FN3O4/c1-22(19-24-7-13-30(41-3)14-8-24)33(40)37-17-15-27(16-18-37)26-9-11-29(12-10-26)36-32(39)31(35-23(2)38)21-25-5-4-6-28(34)20-25/h4-14,19-20,27,31H,15-18,21H2,1-3H3,(H,35,38)(H,36,39)/b22-19+. The Labute approximate surface area is 240 Å². The molecule has 0 radical (unpaired) electrons. The molecule has 1 aliphatic heterocycles. The zero-order valence-electron chi connectivity index (χ0n) is 23.7. The monoisotopic (exact) mass is 557 g/mol. The minimum Gasteiger partial charge on any atom is -0.497 e. The number of anilines is 1. The summed E-state index contributed by atoms with van der Waals surface area (Å²) < 4.78 is 18.8. The SMILES string of the molecule is COc1ccc(/C=C(\C)C(=O)N2CCC(c3ccc(NC(=O)C(Cc4cccc(F)c4)NC(C)=O)cc3)CC2)cc1. The molecule has 0 saturated carbocycles. The summed E-state index contributed by atoms with van der Waals surface area (Å²) in [7, 11) is 1.62. The summed E-state index contributed by atoms with van der Waals surface area (Å²) in [5.74, 6) is 0.0309. The van der Waals surface area contributed by atoms with Gasteiger partial charge >= 0.3 is 0 Å². The molecule has 1 unspecified atom stereocenters. The van der Waals surface area contributed by atoms with E-state index in [0.717, 1.165) is 29.7 Å². The van der Waals surface area contributed by atoms with Gasteiger partial charge in [0.1, 0.15) is 17.6 Å². The first-order valence-corrected chi connectivity index (χ1v) is 13.8. The summed E-state index contributed by atoms with van der Waals surface area (Å²) in [6.07, 6.45) is 3.78. The van der Waals surface area contributed by atoms with Crippen LogP contribution in [-0.4, -0.2) is 48.9 Å². The molecule has 1 aliphatic rings. The van der Waals surface area contributed by atoms with E-state index < -0.39 is 11.9 Å². The van der Waals surface area contributed by atoms with Gasteiger partial charge in [-0.1, -0.05) is 36.4 Å². The quantitative estimate of drug-likeness (QED) is 0.348. The molecule has 0 bridgehead atoms. The third-order valence-electron chi connectivity index (χ3n) is 7.29. The van der Waals surface area contributed by atoms with Crippen LogP contribution >= 0.6 is 0 Å². The van der Waals surface area contributed by atoms with Crippen LogP contribution in [0, 0.1) is 5.82 Å². The van der Waals surface area contributed by atoms with Crippen LogP contribution in [-0.2, 0) is 20.8 Å². The summed E-state index contributed by atoms with van der Waals surface area (Å²) in [6, 6.07) is 20.4. The van der Waals surface area contributed by atoms with Gasteiger partial charge in [0.25, 0.3) is 0 Å². The number of nitrogens with zero attached hydrogens (tertiary/aromatic N) is 1. The number of rotatable bonds is 9. The molecule has 214 valence electrons. The lowest BCUT2D eigenvalue weighted by Crippen LogP contribution is -2.44. The van der Waals surface area contributed by atoms with Gasteiger partial charge in [-0.15, -0.1) is 0 Å². The van der Waals surface area contributed by atoms with Crippen molar-refractivity contribution in [2.75, 3.05) is 25.5 Å². The predicted octanol–water partition coefficient (Wildman–Crippen LogP) is 5.33. The Morgan fingerprint density at radius 2 is 1.68 bits per heavy atom. The highest BCUT2D eigenvalue weighted by Gasteiger charge is 2.25. The number of carbonyl (C=O) groups excluding carboxylic acids is 3. The number of carbonyl (C=O) groups is 3. The molecule has 1 heterocycles. The lowest BCUT2D eigenvalue weighted by atomic mass is 9.89. The largest absolute Gasteiger partial charge is 0.497 e. The van der Waals surface area contributed by atoms with Gasteiger partial charge in [-0.25, -0.2) is 4.39 Å². The smallest absolute Gasteiger partial charge is 0.249 e. The molecule has 1 atom stereocenters. The summed E-state index contributed by atoms with van der Waals surface area (Å²) in [4.78, 5) is 39.6. The zero-order chi connectivity index (χ0) is 29.4. The molecule has 0 spiro atoms. The van der Waals surface area contributed by atoms with Crippen molar-refractivity contribution in [3.63, 3.8) is 0 Å². The molecule has 3 aromatic carbocycles. The van der Waals surface area contributed by atoms with Crippen molar-refractivity contribution in [2.24, 2.45) is 0 Å². The molecule has 1 fully saturated rings. The van der Waals surface area contributed by atoms with Crippen LogP contribution in [0.4, 0.5) is 10.1 Å². The summed E-state index contributed by atoms with van der Waals surface area (Å²) >= 11 is 0. The Morgan fingerprint density at radius 3 is 2.29 bits per heavy atom. The van der Waals surface area contributed by atoms with Crippen LogP contribution in [0.5, 0.6) is 5.75 Å². The second kappa shape index (κ2) is 13.7. The van der Waals surface area contributed by atoms with E-state index >= 15 is 0 Å². The van der Waals surface area contributed by atoms with Crippen LogP contribution in [0.2, 0.25) is 0 Å². The van der Waals surface area contributed by atoms with Gasteiger partial charge < -0.3 is 20.3 Å². The van der Waals surface area contributed by atoms with E-state index in [2.05, 4.69) is 10.6 Å². The Morgan fingerprint density at radius 1 is 1.00 bits per heavy atom. The molecule has 0 aliphatic carbocycles. The number of hydrogen-bond acceptors (Lipinski definition) is 4. The van der Waals surface area contributed by atoms with Crippen LogP contribution < -0.4 is 15.4 Å². The zero-order valence-corrected chi connectivity index (χ0v) is 23.7. The maximum atomic E-state index is 13.6. The lowest BCUT2D eigenvalue weighted by molar-refractivity contribution is -0.128. The van der Waals surface area contributed by atoms with Gasteiger partial charge in [0, 0.05) is 37.7 Å². The third-order valence-corrected chi connectivity index (χ3v) is 7.29. The van der Waals surface area contributed by atoms with E-state index in [4.69, 9.17) is 4.74 Å². The normalized spacial score (nSPS) is 14.7. The van der Waals surface area contributed by atoms with E-state index in [1.807, 2.05) is 66.4 Å². The maximum Gasteiger partial charge on any atom is 0.249 e. The number of halogens is 1. The van der Waals surface area contributed by atoms with Crippen LogP contribution in [0.15, 0.2) is 78.4 Å². The van der Waals surface area contributed by atoms with Gasteiger partial charge in [0.05, 0.1) is 7.11 Å². The minimum atomic E-state index is -0.835. The molecule has 41 heavy (non-hydrogen) atoms. The molecule has 4 rings (SSSR count). The first-order chi connectivity index (χ1) is 19.7. The van der Waals surface area contributed by atoms with Crippen molar-refractivity contribution in [1.82, 2.24) is 10.2 Å². The summed E-state index contributed by atoms with van der Waals surface area (Å²) in [5.41, 5.74) is 4.03. The van der Waals surface area contributed by atoms with Crippen molar-refractivity contribution in [3.8, 4) is 5.75 Å². The van der Waals surface area contributed by atoms with Crippen molar-refractivity contribution in [2.45, 2.75) is 45.1 Å². The second-order valence-corrected chi connectivity index (χ2v) is 10.4. The Bertz CT molecular complexity index is 1390. The van der Waals surface area contributed by atoms with Crippen molar-refractivity contribution in [3.05, 3.63) is 101 Å². The van der Waals surface area contributed by atoms with Gasteiger partial charge in [-0.2, -0.15) is 0 Å². The number of nitrogens with one attached hydrogen (secondary N) is 2. The maximum absolute atomic E-state index is 13.6. The first kappa shape index (κ1) is 29.5.